The minimum atomic E-state index is -0.309. The lowest BCUT2D eigenvalue weighted by atomic mass is 9.95. The SMILES string of the molecule is CC(=O)Nc1nonc1-c1nnc(SCC(=O)NC2CCCCC2)n1-c1ccccc1. The molecule has 0 aliphatic heterocycles. The van der Waals surface area contributed by atoms with Crippen LogP contribution in [0.5, 0.6) is 0 Å². The van der Waals surface area contributed by atoms with E-state index >= 15 is 0 Å². The average molecular weight is 442 g/mol. The number of hydrogen-bond donors (Lipinski definition) is 2. The van der Waals surface area contributed by atoms with Crippen molar-refractivity contribution in [1.82, 2.24) is 30.4 Å². The van der Waals surface area contributed by atoms with E-state index in [0.717, 1.165) is 31.4 Å². The summed E-state index contributed by atoms with van der Waals surface area (Å²) < 4.78 is 6.58. The van der Waals surface area contributed by atoms with Crippen LogP contribution in [0.1, 0.15) is 39.0 Å². The van der Waals surface area contributed by atoms with E-state index in [9.17, 15) is 9.59 Å². The lowest BCUT2D eigenvalue weighted by Gasteiger charge is -2.22. The molecule has 4 rings (SSSR count). The first kappa shape index (κ1) is 21.0. The van der Waals surface area contributed by atoms with Gasteiger partial charge in [0.2, 0.25) is 17.6 Å². The number of carbonyl (C=O) groups excluding carboxylic acids is 2. The Bertz CT molecular complexity index is 1040. The molecule has 10 nitrogen and oxygen atoms in total. The smallest absolute Gasteiger partial charge is 0.230 e. The molecule has 0 atom stereocenters. The van der Waals surface area contributed by atoms with Crippen LogP contribution in [0.4, 0.5) is 5.82 Å². The Hall–Kier alpha value is -3.21. The molecule has 1 aliphatic rings. The summed E-state index contributed by atoms with van der Waals surface area (Å²) in [7, 11) is 0. The molecule has 0 saturated heterocycles. The highest BCUT2D eigenvalue weighted by Crippen LogP contribution is 2.30. The van der Waals surface area contributed by atoms with Crippen molar-refractivity contribution in [1.29, 1.82) is 0 Å². The number of amides is 2. The molecule has 0 bridgehead atoms. The van der Waals surface area contributed by atoms with Gasteiger partial charge >= 0.3 is 0 Å². The summed E-state index contributed by atoms with van der Waals surface area (Å²) in [4.78, 5) is 24.0. The van der Waals surface area contributed by atoms with Crippen LogP contribution in [0.25, 0.3) is 17.2 Å². The molecule has 31 heavy (non-hydrogen) atoms. The zero-order chi connectivity index (χ0) is 21.6. The van der Waals surface area contributed by atoms with Crippen molar-refractivity contribution in [3.63, 3.8) is 0 Å². The maximum absolute atomic E-state index is 12.5. The molecule has 0 spiro atoms. The van der Waals surface area contributed by atoms with E-state index < -0.39 is 0 Å². The number of nitrogens with zero attached hydrogens (tertiary/aromatic N) is 5. The summed E-state index contributed by atoms with van der Waals surface area (Å²) in [6, 6.07) is 9.72. The van der Waals surface area contributed by atoms with Crippen molar-refractivity contribution in [3.8, 4) is 17.2 Å². The van der Waals surface area contributed by atoms with E-state index in [1.54, 1.807) is 4.57 Å². The second-order valence-electron chi connectivity index (χ2n) is 7.31. The van der Waals surface area contributed by atoms with Crippen molar-refractivity contribution in [3.05, 3.63) is 30.3 Å². The molecule has 1 aromatic carbocycles. The molecule has 162 valence electrons. The lowest BCUT2D eigenvalue weighted by molar-refractivity contribution is -0.119. The maximum atomic E-state index is 12.5. The van der Waals surface area contributed by atoms with Crippen LogP contribution in [0.2, 0.25) is 0 Å². The van der Waals surface area contributed by atoms with Gasteiger partial charge in [0, 0.05) is 18.7 Å². The fourth-order valence-corrected chi connectivity index (χ4v) is 4.32. The number of aromatic nitrogens is 5. The lowest BCUT2D eigenvalue weighted by Crippen LogP contribution is -2.37. The van der Waals surface area contributed by atoms with Crippen molar-refractivity contribution in [2.24, 2.45) is 0 Å². The molecule has 2 amide bonds. The van der Waals surface area contributed by atoms with E-state index in [2.05, 4.69) is 31.1 Å². The summed E-state index contributed by atoms with van der Waals surface area (Å²) in [5.74, 6) is 0.395. The zero-order valence-electron chi connectivity index (χ0n) is 17.1. The molecule has 0 radical (unpaired) electrons. The fraction of sp³-hybridized carbons (Fsp3) is 0.400. The molecule has 2 N–H and O–H groups in total. The number of benzene rings is 1. The van der Waals surface area contributed by atoms with Crippen molar-refractivity contribution in [2.45, 2.75) is 50.2 Å². The highest BCUT2D eigenvalue weighted by Gasteiger charge is 2.24. The highest BCUT2D eigenvalue weighted by atomic mass is 32.2. The van der Waals surface area contributed by atoms with Crippen molar-refractivity contribution < 1.29 is 14.2 Å². The number of rotatable bonds is 7. The number of nitrogens with one attached hydrogen (secondary N) is 2. The number of hydrogen-bond acceptors (Lipinski definition) is 8. The van der Waals surface area contributed by atoms with Gasteiger partial charge in [0.05, 0.1) is 5.75 Å². The molecular weight excluding hydrogens is 418 g/mol. The topological polar surface area (TPSA) is 128 Å². The minimum Gasteiger partial charge on any atom is -0.353 e. The third kappa shape index (κ3) is 5.10. The molecule has 1 fully saturated rings. The second-order valence-corrected chi connectivity index (χ2v) is 8.25. The number of carbonyl (C=O) groups is 2. The van der Waals surface area contributed by atoms with Crippen LogP contribution >= 0.6 is 11.8 Å². The first-order valence-electron chi connectivity index (χ1n) is 10.2. The van der Waals surface area contributed by atoms with E-state index in [1.165, 1.54) is 25.1 Å². The summed E-state index contributed by atoms with van der Waals surface area (Å²) in [5.41, 5.74) is 1.04. The fourth-order valence-electron chi connectivity index (χ4n) is 3.56. The minimum absolute atomic E-state index is 0.0249. The molecule has 11 heteroatoms. The molecule has 3 aromatic rings. The van der Waals surface area contributed by atoms with Crippen LogP contribution in [0.15, 0.2) is 40.1 Å². The van der Waals surface area contributed by atoms with Gasteiger partial charge < -0.3 is 10.6 Å². The van der Waals surface area contributed by atoms with E-state index in [0.29, 0.717) is 11.0 Å². The van der Waals surface area contributed by atoms with Crippen molar-refractivity contribution >= 4 is 29.4 Å². The number of anilines is 1. The predicted octanol–water partition coefficient (Wildman–Crippen LogP) is 2.82. The second kappa shape index (κ2) is 9.73. The van der Waals surface area contributed by atoms with E-state index in [1.807, 2.05) is 30.3 Å². The molecular formula is C20H23N7O3S. The zero-order valence-corrected chi connectivity index (χ0v) is 17.9. The van der Waals surface area contributed by atoms with Gasteiger partial charge in [-0.3, -0.25) is 14.2 Å². The van der Waals surface area contributed by atoms with Crippen LogP contribution in [-0.2, 0) is 9.59 Å². The van der Waals surface area contributed by atoms with Gasteiger partial charge in [-0.1, -0.05) is 49.2 Å². The van der Waals surface area contributed by atoms with Gasteiger partial charge in [-0.15, -0.1) is 10.2 Å². The Morgan fingerprint density at radius 2 is 1.90 bits per heavy atom. The van der Waals surface area contributed by atoms with Gasteiger partial charge in [-0.2, -0.15) is 0 Å². The maximum Gasteiger partial charge on any atom is 0.230 e. The number of thioether (sulfide) groups is 1. The normalized spacial score (nSPS) is 14.4. The Balaban J connectivity index is 1.58. The van der Waals surface area contributed by atoms with Crippen molar-refractivity contribution in [2.75, 3.05) is 11.1 Å². The van der Waals surface area contributed by atoms with Crippen LogP contribution in [0, 0.1) is 0 Å². The quantitative estimate of drug-likeness (QED) is 0.536. The Labute approximate surface area is 183 Å². The molecule has 0 unspecified atom stereocenters. The molecule has 1 aliphatic carbocycles. The predicted molar refractivity (Wildman–Crippen MR) is 115 cm³/mol. The van der Waals surface area contributed by atoms with Gasteiger partial charge in [0.1, 0.15) is 0 Å². The van der Waals surface area contributed by atoms with Gasteiger partial charge in [-0.25, -0.2) is 4.63 Å². The molecule has 2 heterocycles. The van der Waals surface area contributed by atoms with Gasteiger partial charge in [-0.05, 0) is 35.3 Å². The molecule has 2 aromatic heterocycles. The number of para-hydroxylation sites is 1. The summed E-state index contributed by atoms with van der Waals surface area (Å²) >= 11 is 1.29. The monoisotopic (exact) mass is 441 g/mol. The van der Waals surface area contributed by atoms with E-state index in [-0.39, 0.29) is 35.1 Å². The molecule has 1 saturated carbocycles. The first-order chi connectivity index (χ1) is 15.1. The van der Waals surface area contributed by atoms with Crippen LogP contribution < -0.4 is 10.6 Å². The summed E-state index contributed by atoms with van der Waals surface area (Å²) in [6.45, 7) is 1.37. The van der Waals surface area contributed by atoms with Crippen LogP contribution in [0.3, 0.4) is 0 Å². The highest BCUT2D eigenvalue weighted by molar-refractivity contribution is 7.99. The van der Waals surface area contributed by atoms with Gasteiger partial charge in [0.15, 0.2) is 16.7 Å². The third-order valence-electron chi connectivity index (χ3n) is 4.95. The summed E-state index contributed by atoms with van der Waals surface area (Å²) in [5, 5.41) is 22.4. The Morgan fingerprint density at radius 1 is 1.13 bits per heavy atom. The Morgan fingerprint density at radius 3 is 2.65 bits per heavy atom. The average Bonchev–Trinajstić information content (AvgIpc) is 3.39. The Kier molecular flexibility index (Phi) is 6.60. The third-order valence-corrected chi connectivity index (χ3v) is 5.87. The first-order valence-corrected chi connectivity index (χ1v) is 11.1. The van der Waals surface area contributed by atoms with Gasteiger partial charge in [0.25, 0.3) is 0 Å². The summed E-state index contributed by atoms with van der Waals surface area (Å²) in [6.07, 6.45) is 5.62. The van der Waals surface area contributed by atoms with Crippen LogP contribution in [-0.4, -0.2) is 48.7 Å². The standard InChI is InChI=1S/C20H23N7O3S/c1-13(28)21-18-17(25-30-26-18)19-23-24-20(27(19)15-10-6-3-7-11-15)31-12-16(29)22-14-8-4-2-5-9-14/h3,6-7,10-11,14H,2,4-5,8-9,12H2,1H3,(H,22,29)(H,21,26,28). The van der Waals surface area contributed by atoms with E-state index in [4.69, 9.17) is 4.63 Å². The largest absolute Gasteiger partial charge is 0.353 e.